The van der Waals surface area contributed by atoms with E-state index in [0.717, 1.165) is 19.4 Å². The van der Waals surface area contributed by atoms with Crippen molar-refractivity contribution in [3.8, 4) is 0 Å². The zero-order valence-electron chi connectivity index (χ0n) is 13.1. The van der Waals surface area contributed by atoms with Crippen molar-refractivity contribution in [2.45, 2.75) is 45.7 Å². The van der Waals surface area contributed by atoms with E-state index in [2.05, 4.69) is 5.32 Å². The third kappa shape index (κ3) is 7.17. The van der Waals surface area contributed by atoms with E-state index in [9.17, 15) is 22.8 Å². The molecule has 1 amide bonds. The molecular formula is C16H20F3NO3. The fraction of sp³-hybridized carbons (Fsp3) is 0.500. The number of rotatable bonds is 7. The Morgan fingerprint density at radius 1 is 1.13 bits per heavy atom. The Bertz CT molecular complexity index is 556. The number of aryl methyl sites for hydroxylation is 1. The molecule has 0 atom stereocenters. The van der Waals surface area contributed by atoms with Crippen LogP contribution in [0.2, 0.25) is 0 Å². The van der Waals surface area contributed by atoms with Gasteiger partial charge in [0.25, 0.3) is 0 Å². The van der Waals surface area contributed by atoms with Crippen LogP contribution in [-0.2, 0) is 26.9 Å². The average Bonchev–Trinajstić information content (AvgIpc) is 2.42. The van der Waals surface area contributed by atoms with Crippen molar-refractivity contribution in [1.82, 2.24) is 0 Å². The topological polar surface area (TPSA) is 55.4 Å². The molecule has 0 aliphatic heterocycles. The minimum absolute atomic E-state index is 0.233. The summed E-state index contributed by atoms with van der Waals surface area (Å²) < 4.78 is 43.9. The number of nitrogens with one attached hydrogen (secondary N) is 1. The molecule has 0 saturated heterocycles. The number of esters is 1. The van der Waals surface area contributed by atoms with Crippen molar-refractivity contribution in [1.29, 1.82) is 0 Å². The Labute approximate surface area is 133 Å². The number of carbonyl (C=O) groups excluding carboxylic acids is 2. The van der Waals surface area contributed by atoms with E-state index < -0.39 is 17.6 Å². The molecule has 0 saturated carbocycles. The zero-order chi connectivity index (χ0) is 17.5. The molecule has 23 heavy (non-hydrogen) atoms. The Balaban J connectivity index is 2.63. The minimum Gasteiger partial charge on any atom is -0.466 e. The number of benzene rings is 1. The summed E-state index contributed by atoms with van der Waals surface area (Å²) in [5, 5.41) is 2.19. The molecule has 0 fully saturated rings. The average molecular weight is 331 g/mol. The van der Waals surface area contributed by atoms with Gasteiger partial charge in [0, 0.05) is 13.8 Å². The standard InChI is InChI=1S/C16H20F3NO3/c1-11(21)20-15-8-7-13(10-14(15)16(17,18)19)6-4-3-5-9-23-12(2)22/h7-8,10H,3-6,9H2,1-2H3,(H,20,21). The fourth-order valence-electron chi connectivity index (χ4n) is 2.10. The van der Waals surface area contributed by atoms with Gasteiger partial charge >= 0.3 is 12.1 Å². The lowest BCUT2D eigenvalue weighted by molar-refractivity contribution is -0.141. The zero-order valence-corrected chi connectivity index (χ0v) is 13.1. The molecule has 0 spiro atoms. The molecule has 0 aliphatic rings. The molecule has 0 radical (unpaired) electrons. The van der Waals surface area contributed by atoms with Crippen molar-refractivity contribution < 1.29 is 27.5 Å². The van der Waals surface area contributed by atoms with Crippen molar-refractivity contribution in [3.05, 3.63) is 29.3 Å². The van der Waals surface area contributed by atoms with Crippen LogP contribution in [0.4, 0.5) is 18.9 Å². The lowest BCUT2D eigenvalue weighted by Crippen LogP contribution is -2.14. The second-order valence-corrected chi connectivity index (χ2v) is 5.21. The smallest absolute Gasteiger partial charge is 0.418 e. The molecular weight excluding hydrogens is 311 g/mol. The van der Waals surface area contributed by atoms with Gasteiger partial charge in [0.2, 0.25) is 5.91 Å². The summed E-state index contributed by atoms with van der Waals surface area (Å²) in [4.78, 5) is 21.6. The van der Waals surface area contributed by atoms with Crippen LogP contribution in [0.25, 0.3) is 0 Å². The van der Waals surface area contributed by atoms with Gasteiger partial charge in [0.1, 0.15) is 0 Å². The highest BCUT2D eigenvalue weighted by atomic mass is 19.4. The van der Waals surface area contributed by atoms with Crippen LogP contribution in [0.3, 0.4) is 0 Å². The van der Waals surface area contributed by atoms with Crippen molar-refractivity contribution in [3.63, 3.8) is 0 Å². The second-order valence-electron chi connectivity index (χ2n) is 5.21. The van der Waals surface area contributed by atoms with Crippen LogP contribution in [0.15, 0.2) is 18.2 Å². The molecule has 1 aromatic carbocycles. The van der Waals surface area contributed by atoms with Gasteiger partial charge in [-0.3, -0.25) is 9.59 Å². The van der Waals surface area contributed by atoms with Gasteiger partial charge in [-0.2, -0.15) is 13.2 Å². The lowest BCUT2D eigenvalue weighted by atomic mass is 10.0. The first-order chi connectivity index (χ1) is 10.7. The van der Waals surface area contributed by atoms with Crippen LogP contribution < -0.4 is 5.32 Å². The first kappa shape index (κ1) is 19.0. The quantitative estimate of drug-likeness (QED) is 0.608. The van der Waals surface area contributed by atoms with Gasteiger partial charge in [-0.15, -0.1) is 0 Å². The van der Waals surface area contributed by atoms with Crippen molar-refractivity contribution in [2.24, 2.45) is 0 Å². The van der Waals surface area contributed by atoms with Crippen LogP contribution in [-0.4, -0.2) is 18.5 Å². The monoisotopic (exact) mass is 331 g/mol. The highest BCUT2D eigenvalue weighted by Gasteiger charge is 2.34. The highest BCUT2D eigenvalue weighted by molar-refractivity contribution is 5.89. The molecule has 1 aromatic rings. The third-order valence-electron chi connectivity index (χ3n) is 3.12. The second kappa shape index (κ2) is 8.55. The summed E-state index contributed by atoms with van der Waals surface area (Å²) in [5.41, 5.74) is -0.521. The molecule has 128 valence electrons. The molecule has 0 aliphatic carbocycles. The fourth-order valence-corrected chi connectivity index (χ4v) is 2.10. The Hall–Kier alpha value is -2.05. The van der Waals surface area contributed by atoms with Gasteiger partial charge in [0.05, 0.1) is 17.9 Å². The van der Waals surface area contributed by atoms with Gasteiger partial charge in [0.15, 0.2) is 0 Å². The predicted molar refractivity (Wildman–Crippen MR) is 79.9 cm³/mol. The summed E-state index contributed by atoms with van der Waals surface area (Å²) in [7, 11) is 0. The summed E-state index contributed by atoms with van der Waals surface area (Å²) in [6.45, 7) is 2.82. The van der Waals surface area contributed by atoms with Gasteiger partial charge in [-0.25, -0.2) is 0 Å². The van der Waals surface area contributed by atoms with E-state index in [1.165, 1.54) is 13.0 Å². The molecule has 4 nitrogen and oxygen atoms in total. The summed E-state index contributed by atoms with van der Waals surface area (Å²) in [6, 6.07) is 3.92. The third-order valence-corrected chi connectivity index (χ3v) is 3.12. The molecule has 7 heteroatoms. The van der Waals surface area contributed by atoms with Gasteiger partial charge < -0.3 is 10.1 Å². The number of ether oxygens (including phenoxy) is 1. The van der Waals surface area contributed by atoms with E-state index >= 15 is 0 Å². The van der Waals surface area contributed by atoms with E-state index in [1.54, 1.807) is 6.07 Å². The van der Waals surface area contributed by atoms with E-state index in [4.69, 9.17) is 4.74 Å². The lowest BCUT2D eigenvalue weighted by Gasteiger charge is -2.14. The van der Waals surface area contributed by atoms with Crippen LogP contribution >= 0.6 is 0 Å². The summed E-state index contributed by atoms with van der Waals surface area (Å²) in [5.74, 6) is -0.887. The van der Waals surface area contributed by atoms with Gasteiger partial charge in [-0.05, 0) is 43.4 Å². The van der Waals surface area contributed by atoms with E-state index in [1.807, 2.05) is 0 Å². The molecule has 1 N–H and O–H groups in total. The number of hydrogen-bond acceptors (Lipinski definition) is 3. The predicted octanol–water partition coefficient (Wildman–Crippen LogP) is 3.94. The molecule has 1 rings (SSSR count). The number of hydrogen-bond donors (Lipinski definition) is 1. The summed E-state index contributed by atoms with van der Waals surface area (Å²) in [6.07, 6.45) is -1.91. The van der Waals surface area contributed by atoms with Crippen LogP contribution in [0, 0.1) is 0 Å². The Morgan fingerprint density at radius 2 is 1.83 bits per heavy atom. The largest absolute Gasteiger partial charge is 0.466 e. The maximum atomic E-state index is 13.0. The molecule has 0 aromatic heterocycles. The van der Waals surface area contributed by atoms with Gasteiger partial charge in [-0.1, -0.05) is 6.07 Å². The Morgan fingerprint density at radius 3 is 2.39 bits per heavy atom. The first-order valence-electron chi connectivity index (χ1n) is 7.31. The number of unbranched alkanes of at least 4 members (excludes halogenated alkanes) is 2. The Kier molecular flexibility index (Phi) is 7.06. The number of halogens is 3. The maximum Gasteiger partial charge on any atom is 0.418 e. The normalized spacial score (nSPS) is 11.2. The highest BCUT2D eigenvalue weighted by Crippen LogP contribution is 2.35. The summed E-state index contributed by atoms with van der Waals surface area (Å²) >= 11 is 0. The van der Waals surface area contributed by atoms with Crippen molar-refractivity contribution >= 4 is 17.6 Å². The van der Waals surface area contributed by atoms with Crippen LogP contribution in [0.5, 0.6) is 0 Å². The number of amides is 1. The first-order valence-corrected chi connectivity index (χ1v) is 7.31. The number of carbonyl (C=O) groups is 2. The molecule has 0 bridgehead atoms. The molecule has 0 heterocycles. The number of alkyl halides is 3. The van der Waals surface area contributed by atoms with Crippen molar-refractivity contribution in [2.75, 3.05) is 11.9 Å². The SMILES string of the molecule is CC(=O)Nc1ccc(CCCCCOC(C)=O)cc1C(F)(F)F. The minimum atomic E-state index is -4.52. The maximum absolute atomic E-state index is 13.0. The van der Waals surface area contributed by atoms with E-state index in [-0.39, 0.29) is 11.7 Å². The molecule has 0 unspecified atom stereocenters. The van der Waals surface area contributed by atoms with Crippen LogP contribution in [0.1, 0.15) is 44.2 Å². The number of anilines is 1. The van der Waals surface area contributed by atoms with E-state index in [0.29, 0.717) is 31.4 Å².